The van der Waals surface area contributed by atoms with Crippen molar-refractivity contribution in [3.63, 3.8) is 0 Å². The monoisotopic (exact) mass is 310 g/mol. The van der Waals surface area contributed by atoms with Crippen LogP contribution >= 0.6 is 15.9 Å². The summed E-state index contributed by atoms with van der Waals surface area (Å²) in [7, 11) is 0. The fourth-order valence-corrected chi connectivity index (χ4v) is 3.54. The summed E-state index contributed by atoms with van der Waals surface area (Å²) in [6, 6.07) is 4.40. The zero-order valence-corrected chi connectivity index (χ0v) is 13.1. The molecule has 100 valence electrons. The van der Waals surface area contributed by atoms with Gasteiger partial charge in [0.25, 0.3) is 0 Å². The average Bonchev–Trinajstić information content (AvgIpc) is 2.37. The number of ether oxygens (including phenoxy) is 1. The van der Waals surface area contributed by atoms with Gasteiger partial charge in [-0.15, -0.1) is 0 Å². The quantitative estimate of drug-likeness (QED) is 0.698. The van der Waals surface area contributed by atoms with Crippen molar-refractivity contribution in [1.82, 2.24) is 0 Å². The minimum absolute atomic E-state index is 0.766. The SMILES string of the molecule is Cc1cc(C)c(CBr)c(OCC2CCCCC2)c1. The van der Waals surface area contributed by atoms with E-state index in [0.717, 1.165) is 23.6 Å². The fraction of sp³-hybridized carbons (Fsp3) is 0.625. The van der Waals surface area contributed by atoms with Crippen molar-refractivity contribution in [1.29, 1.82) is 0 Å². The Kier molecular flexibility index (Phi) is 5.11. The molecule has 1 saturated carbocycles. The zero-order chi connectivity index (χ0) is 13.0. The van der Waals surface area contributed by atoms with Gasteiger partial charge in [0.15, 0.2) is 0 Å². The van der Waals surface area contributed by atoms with E-state index in [9.17, 15) is 0 Å². The summed E-state index contributed by atoms with van der Waals surface area (Å²) in [5.74, 6) is 1.85. The molecule has 0 bridgehead atoms. The zero-order valence-electron chi connectivity index (χ0n) is 11.5. The van der Waals surface area contributed by atoms with Gasteiger partial charge in [-0.1, -0.05) is 41.3 Å². The summed E-state index contributed by atoms with van der Waals surface area (Å²) >= 11 is 3.57. The Hall–Kier alpha value is -0.500. The lowest BCUT2D eigenvalue weighted by molar-refractivity contribution is 0.207. The minimum atomic E-state index is 0.766. The van der Waals surface area contributed by atoms with Crippen molar-refractivity contribution in [2.75, 3.05) is 6.61 Å². The first-order chi connectivity index (χ1) is 8.70. The van der Waals surface area contributed by atoms with Gasteiger partial charge in [0.05, 0.1) is 6.61 Å². The molecule has 0 atom stereocenters. The molecule has 0 spiro atoms. The summed E-state index contributed by atoms with van der Waals surface area (Å²) in [6.45, 7) is 5.19. The van der Waals surface area contributed by atoms with Gasteiger partial charge in [-0.3, -0.25) is 0 Å². The maximum Gasteiger partial charge on any atom is 0.123 e. The summed E-state index contributed by atoms with van der Waals surface area (Å²) in [6.07, 6.45) is 6.86. The minimum Gasteiger partial charge on any atom is -0.493 e. The molecule has 1 aliphatic rings. The molecule has 0 saturated heterocycles. The fourth-order valence-electron chi connectivity index (χ4n) is 2.82. The molecule has 18 heavy (non-hydrogen) atoms. The maximum absolute atomic E-state index is 6.10. The van der Waals surface area contributed by atoms with Crippen LogP contribution in [0, 0.1) is 19.8 Å². The lowest BCUT2D eigenvalue weighted by Gasteiger charge is -2.23. The molecule has 1 fully saturated rings. The van der Waals surface area contributed by atoms with Crippen LogP contribution in [-0.2, 0) is 5.33 Å². The highest BCUT2D eigenvalue weighted by Crippen LogP contribution is 2.29. The number of hydrogen-bond acceptors (Lipinski definition) is 1. The Balaban J connectivity index is 2.03. The molecular formula is C16H23BrO. The number of alkyl halides is 1. The van der Waals surface area contributed by atoms with Gasteiger partial charge in [-0.05, 0) is 49.8 Å². The van der Waals surface area contributed by atoms with Crippen LogP contribution in [0.5, 0.6) is 5.75 Å². The predicted octanol–water partition coefficient (Wildman–Crippen LogP) is 5.16. The molecule has 1 aromatic carbocycles. The number of halogens is 1. The van der Waals surface area contributed by atoms with Crippen LogP contribution in [0.2, 0.25) is 0 Å². The average molecular weight is 311 g/mol. The van der Waals surface area contributed by atoms with Crippen LogP contribution in [0.3, 0.4) is 0 Å². The molecule has 1 nitrogen and oxygen atoms in total. The van der Waals surface area contributed by atoms with Crippen molar-refractivity contribution in [2.24, 2.45) is 5.92 Å². The van der Waals surface area contributed by atoms with E-state index in [2.05, 4.69) is 41.9 Å². The molecular weight excluding hydrogens is 288 g/mol. The van der Waals surface area contributed by atoms with Crippen molar-refractivity contribution < 1.29 is 4.74 Å². The summed E-state index contributed by atoms with van der Waals surface area (Å²) in [5.41, 5.74) is 3.91. The Bertz CT molecular complexity index is 394. The van der Waals surface area contributed by atoms with E-state index < -0.39 is 0 Å². The van der Waals surface area contributed by atoms with E-state index in [4.69, 9.17) is 4.74 Å². The van der Waals surface area contributed by atoms with Gasteiger partial charge in [0.1, 0.15) is 5.75 Å². The summed E-state index contributed by atoms with van der Waals surface area (Å²) < 4.78 is 6.10. The van der Waals surface area contributed by atoms with Crippen LogP contribution < -0.4 is 4.74 Å². The Labute approximate surface area is 119 Å². The Morgan fingerprint density at radius 3 is 2.56 bits per heavy atom. The van der Waals surface area contributed by atoms with E-state index in [1.54, 1.807) is 0 Å². The molecule has 1 aliphatic carbocycles. The first-order valence-electron chi connectivity index (χ1n) is 6.99. The lowest BCUT2D eigenvalue weighted by Crippen LogP contribution is -2.16. The molecule has 2 rings (SSSR count). The summed E-state index contributed by atoms with van der Waals surface area (Å²) in [4.78, 5) is 0. The summed E-state index contributed by atoms with van der Waals surface area (Å²) in [5, 5.41) is 0.874. The van der Waals surface area contributed by atoms with E-state index in [1.165, 1.54) is 48.8 Å². The highest BCUT2D eigenvalue weighted by atomic mass is 79.9. The molecule has 2 heteroatoms. The normalized spacial score (nSPS) is 16.8. The van der Waals surface area contributed by atoms with E-state index >= 15 is 0 Å². The van der Waals surface area contributed by atoms with Crippen molar-refractivity contribution in [3.05, 3.63) is 28.8 Å². The molecule has 0 aromatic heterocycles. The van der Waals surface area contributed by atoms with Gasteiger partial charge in [-0.25, -0.2) is 0 Å². The second-order valence-corrected chi connectivity index (χ2v) is 6.07. The Morgan fingerprint density at radius 1 is 1.17 bits per heavy atom. The van der Waals surface area contributed by atoms with Crippen LogP contribution in [-0.4, -0.2) is 6.61 Å². The highest BCUT2D eigenvalue weighted by molar-refractivity contribution is 9.08. The third kappa shape index (κ3) is 3.50. The standard InChI is InChI=1S/C16H23BrO/c1-12-8-13(2)15(10-17)16(9-12)18-11-14-6-4-3-5-7-14/h8-9,14H,3-7,10-11H2,1-2H3. The maximum atomic E-state index is 6.10. The van der Waals surface area contributed by atoms with Crippen molar-refractivity contribution in [2.45, 2.75) is 51.3 Å². The topological polar surface area (TPSA) is 9.23 Å². The second kappa shape index (κ2) is 6.60. The third-order valence-electron chi connectivity index (χ3n) is 3.91. The number of rotatable bonds is 4. The van der Waals surface area contributed by atoms with Crippen LogP contribution in [0.4, 0.5) is 0 Å². The van der Waals surface area contributed by atoms with Gasteiger partial charge >= 0.3 is 0 Å². The van der Waals surface area contributed by atoms with Crippen molar-refractivity contribution >= 4 is 15.9 Å². The second-order valence-electron chi connectivity index (χ2n) is 5.51. The third-order valence-corrected chi connectivity index (χ3v) is 4.47. The van der Waals surface area contributed by atoms with Crippen molar-refractivity contribution in [3.8, 4) is 5.75 Å². The number of benzene rings is 1. The smallest absolute Gasteiger partial charge is 0.123 e. The largest absolute Gasteiger partial charge is 0.493 e. The first-order valence-corrected chi connectivity index (χ1v) is 8.11. The van der Waals surface area contributed by atoms with Crippen LogP contribution in [0.15, 0.2) is 12.1 Å². The predicted molar refractivity (Wildman–Crippen MR) is 80.6 cm³/mol. The van der Waals surface area contributed by atoms with Crippen LogP contribution in [0.1, 0.15) is 48.8 Å². The molecule has 0 unspecified atom stereocenters. The molecule has 1 aromatic rings. The molecule has 0 heterocycles. The molecule has 0 N–H and O–H groups in total. The molecule has 0 radical (unpaired) electrons. The van der Waals surface area contributed by atoms with Crippen LogP contribution in [0.25, 0.3) is 0 Å². The number of hydrogen-bond donors (Lipinski definition) is 0. The first kappa shape index (κ1) is 13.9. The highest BCUT2D eigenvalue weighted by Gasteiger charge is 2.15. The lowest BCUT2D eigenvalue weighted by atomic mass is 9.90. The molecule has 0 amide bonds. The van der Waals surface area contributed by atoms with E-state index in [1.807, 2.05) is 0 Å². The van der Waals surface area contributed by atoms with Gasteiger partial charge in [-0.2, -0.15) is 0 Å². The van der Waals surface area contributed by atoms with E-state index in [-0.39, 0.29) is 0 Å². The van der Waals surface area contributed by atoms with E-state index in [0.29, 0.717) is 0 Å². The molecule has 0 aliphatic heterocycles. The Morgan fingerprint density at radius 2 is 1.89 bits per heavy atom. The number of aryl methyl sites for hydroxylation is 2. The van der Waals surface area contributed by atoms with Gasteiger partial charge in [0, 0.05) is 10.9 Å². The van der Waals surface area contributed by atoms with Gasteiger partial charge < -0.3 is 4.74 Å². The van der Waals surface area contributed by atoms with Gasteiger partial charge in [0.2, 0.25) is 0 Å².